The number of rotatable bonds is 18. The maximum Gasteiger partial charge on any atom is 0.146 e. The van der Waals surface area contributed by atoms with Gasteiger partial charge in [-0.15, -0.1) is 0 Å². The number of alkyl halides is 2. The van der Waals surface area contributed by atoms with Gasteiger partial charge in [-0.3, -0.25) is 0 Å². The van der Waals surface area contributed by atoms with Crippen LogP contribution in [0.1, 0.15) is 0 Å². The second-order valence-corrected chi connectivity index (χ2v) is 22.5. The molecule has 0 saturated carbocycles. The van der Waals surface area contributed by atoms with Crippen molar-refractivity contribution in [1.82, 2.24) is 0 Å². The molecular formula is C30H54B4F2O21P4S-4. The first-order valence-electron chi connectivity index (χ1n) is 18.3. The molecule has 21 nitrogen and oxygen atoms in total. The summed E-state index contributed by atoms with van der Waals surface area (Å²) in [4.78, 5) is 43.2. The number of methoxy groups -OCH3 is 6. The van der Waals surface area contributed by atoms with Gasteiger partial charge in [-0.1, -0.05) is 0 Å². The number of hydrogen-bond donors (Lipinski definition) is 0. The van der Waals surface area contributed by atoms with E-state index in [0.717, 1.165) is 38.4 Å². The summed E-state index contributed by atoms with van der Waals surface area (Å²) in [6.45, 7) is 3.26. The van der Waals surface area contributed by atoms with Crippen LogP contribution in [-0.4, -0.2) is 223 Å². The molecule has 0 aliphatic carbocycles. The zero-order valence-electron chi connectivity index (χ0n) is 35.9. The first-order chi connectivity index (χ1) is 28.5. The minimum absolute atomic E-state index is 0.103. The molecule has 62 heavy (non-hydrogen) atoms. The molecule has 0 spiro atoms. The lowest BCUT2D eigenvalue weighted by atomic mass is 9.93. The van der Waals surface area contributed by atoms with Crippen molar-refractivity contribution in [1.29, 1.82) is 0 Å². The van der Waals surface area contributed by atoms with Gasteiger partial charge in [-0.25, -0.2) is 8.78 Å². The Morgan fingerprint density at radius 3 is 1.06 bits per heavy atom. The highest BCUT2D eigenvalue weighted by Gasteiger charge is 2.45. The first kappa shape index (κ1) is 60.7. The average molecular weight is 988 g/mol. The van der Waals surface area contributed by atoms with Gasteiger partial charge in [0.25, 0.3) is 0 Å². The molecule has 356 valence electrons. The number of halogens is 2. The summed E-state index contributed by atoms with van der Waals surface area (Å²) in [7, 11) is 15.5. The molecule has 0 N–H and O–H groups in total. The van der Waals surface area contributed by atoms with Gasteiger partial charge >= 0.3 is 0 Å². The molecule has 4 aliphatic rings. The molecule has 32 heteroatoms. The van der Waals surface area contributed by atoms with E-state index in [1.165, 1.54) is 42.7 Å². The van der Waals surface area contributed by atoms with Crippen molar-refractivity contribution >= 4 is 73.5 Å². The summed E-state index contributed by atoms with van der Waals surface area (Å²) in [6.07, 6.45) is -8.02. The van der Waals surface area contributed by atoms with Gasteiger partial charge in [-0.05, 0) is 0 Å². The Morgan fingerprint density at radius 1 is 0.468 bits per heavy atom. The van der Waals surface area contributed by atoms with Gasteiger partial charge in [0.05, 0.1) is 45.5 Å². The Balaban J connectivity index is 0.000000414. The largest absolute Gasteiger partial charge is 0.779 e. The highest BCUT2D eigenvalue weighted by Crippen LogP contribution is 2.40. The van der Waals surface area contributed by atoms with Crippen LogP contribution >= 0.6 is 42.1 Å². The molecule has 4 heterocycles. The van der Waals surface area contributed by atoms with Gasteiger partial charge in [-0.2, -0.15) is 11.8 Å². The molecule has 0 amide bonds. The van der Waals surface area contributed by atoms with Crippen molar-refractivity contribution in [2.75, 3.05) is 95.7 Å². The Labute approximate surface area is 371 Å². The summed E-state index contributed by atoms with van der Waals surface area (Å²) < 4.78 is 134. The van der Waals surface area contributed by atoms with Crippen molar-refractivity contribution in [2.24, 2.45) is 0 Å². The molecule has 4 rings (SSSR count). The van der Waals surface area contributed by atoms with Crippen LogP contribution in [0.3, 0.4) is 0 Å². The van der Waals surface area contributed by atoms with Gasteiger partial charge in [0.2, 0.25) is 0 Å². The van der Waals surface area contributed by atoms with E-state index in [1.807, 2.05) is 0 Å². The van der Waals surface area contributed by atoms with Gasteiger partial charge < -0.3 is 98.6 Å². The topological polar surface area (TPSA) is 281 Å². The van der Waals surface area contributed by atoms with Crippen LogP contribution in [-0.2, 0) is 79.0 Å². The molecule has 0 aromatic heterocycles. The Hall–Kier alpha value is 0.710. The SMILES string of the molecule is [B]C1OC(COP(C)(=O)[O-])C(OC)C1F.[B]C1OC(COP(C)(=O)[O-])C(OC)C1OC.[B]C1OC(COP(C)(=O)[O-])C(OC)C1OC.[B]C1SC(COP(C)(=O)[O-])C(OC)C1F. The van der Waals surface area contributed by atoms with Crippen LogP contribution in [0, 0.1) is 0 Å². The fraction of sp³-hybridized carbons (Fsp3) is 1.00. The standard InChI is InChI=1S/2C8H16BO6P.C7H13BFO5P.C7H13BFO4PS/c2*1-12-6-5(4-14-16(3,10)11)15-8(9)7(6)13-2;1-12-6-4(3-13-15(2,10)11)14-7(8)5(6)9;1-12-6-4(3-13-14(2,10)11)15-7(8)5(6)9/h2*5-8H,4H2,1-3H3,(H,10,11);2*4-7H,3H2,1-2H3,(H,10,11)/p-4. The van der Waals surface area contributed by atoms with Crippen molar-refractivity contribution in [3.05, 3.63) is 0 Å². The van der Waals surface area contributed by atoms with Crippen LogP contribution in [0.25, 0.3) is 0 Å². The van der Waals surface area contributed by atoms with Crippen LogP contribution < -0.4 is 19.6 Å². The van der Waals surface area contributed by atoms with E-state index < -0.39 is 121 Å². The van der Waals surface area contributed by atoms with E-state index in [0.29, 0.717) is 0 Å². The first-order valence-corrected chi connectivity index (χ1v) is 27.2. The highest BCUT2D eigenvalue weighted by atomic mass is 32.2. The summed E-state index contributed by atoms with van der Waals surface area (Å²) in [5.41, 5.74) is 0. The molecule has 0 aromatic rings. The predicted octanol–water partition coefficient (Wildman–Crippen LogP) is -2.20. The summed E-state index contributed by atoms with van der Waals surface area (Å²) in [6, 6.07) is -2.40. The Morgan fingerprint density at radius 2 is 0.758 bits per heavy atom. The molecule has 8 radical (unpaired) electrons. The molecule has 20 unspecified atom stereocenters. The molecule has 0 aromatic carbocycles. The number of ether oxygens (including phenoxy) is 9. The van der Waals surface area contributed by atoms with E-state index >= 15 is 0 Å². The lowest BCUT2D eigenvalue weighted by Crippen LogP contribution is -2.37. The normalized spacial score (nSPS) is 39.4. The molecular weight excluding hydrogens is 934 g/mol. The van der Waals surface area contributed by atoms with E-state index in [2.05, 4.69) is 18.1 Å². The third-order valence-electron chi connectivity index (χ3n) is 8.87. The summed E-state index contributed by atoms with van der Waals surface area (Å²) >= 11 is 1.14. The fourth-order valence-electron chi connectivity index (χ4n) is 6.05. The second kappa shape index (κ2) is 27.6. The minimum atomic E-state index is -3.84. The smallest absolute Gasteiger partial charge is 0.146 e. The number of thioether (sulfide) groups is 1. The van der Waals surface area contributed by atoms with Gasteiger partial charge in [0.15, 0.2) is 0 Å². The molecule has 4 saturated heterocycles. The van der Waals surface area contributed by atoms with Crippen LogP contribution in [0.4, 0.5) is 8.78 Å². The molecule has 20 atom stereocenters. The molecule has 0 bridgehead atoms. The van der Waals surface area contributed by atoms with Crippen LogP contribution in [0.5, 0.6) is 0 Å². The molecule has 4 aliphatic heterocycles. The third kappa shape index (κ3) is 21.3. The minimum Gasteiger partial charge on any atom is -0.779 e. The highest BCUT2D eigenvalue weighted by molar-refractivity contribution is 8.02. The average Bonchev–Trinajstić information content (AvgIpc) is 3.84. The van der Waals surface area contributed by atoms with E-state index in [-0.39, 0.29) is 31.7 Å². The lowest BCUT2D eigenvalue weighted by Gasteiger charge is -2.24. The van der Waals surface area contributed by atoms with Gasteiger partial charge in [0, 0.05) is 86.5 Å². The summed E-state index contributed by atoms with van der Waals surface area (Å²) in [5, 5.41) is -1.08. The quantitative estimate of drug-likeness (QED) is 0.104. The second-order valence-electron chi connectivity index (χ2n) is 13.9. The van der Waals surface area contributed by atoms with Crippen LogP contribution in [0.2, 0.25) is 0 Å². The Kier molecular flexibility index (Phi) is 27.1. The third-order valence-corrected chi connectivity index (χ3v) is 12.7. The zero-order valence-corrected chi connectivity index (χ0v) is 40.3. The lowest BCUT2D eigenvalue weighted by molar-refractivity contribution is -0.200. The zero-order chi connectivity index (χ0) is 48.0. The maximum atomic E-state index is 13.4. The number of hydrogen-bond acceptors (Lipinski definition) is 22. The van der Waals surface area contributed by atoms with E-state index in [1.54, 1.807) is 0 Å². The van der Waals surface area contributed by atoms with Crippen LogP contribution in [0.15, 0.2) is 0 Å². The van der Waals surface area contributed by atoms with Gasteiger partial charge in [0.1, 0.15) is 121 Å². The maximum absolute atomic E-state index is 13.4. The van der Waals surface area contributed by atoms with Crippen molar-refractivity contribution < 1.29 is 107 Å². The monoisotopic (exact) mass is 988 g/mol. The Bertz CT molecular complexity index is 1380. The van der Waals surface area contributed by atoms with Crippen molar-refractivity contribution in [3.8, 4) is 0 Å². The van der Waals surface area contributed by atoms with Crippen molar-refractivity contribution in [3.63, 3.8) is 0 Å². The fourth-order valence-corrected chi connectivity index (χ4v) is 9.10. The van der Waals surface area contributed by atoms with Crippen molar-refractivity contribution in [2.45, 2.75) is 95.7 Å². The van der Waals surface area contributed by atoms with E-state index in [4.69, 9.17) is 74.0 Å². The predicted molar refractivity (Wildman–Crippen MR) is 217 cm³/mol. The molecule has 4 fully saturated rings. The van der Waals surface area contributed by atoms with E-state index in [9.17, 15) is 46.6 Å². The summed E-state index contributed by atoms with van der Waals surface area (Å²) in [5.74, 6) is 0.